The first kappa shape index (κ1) is 16.8. The van der Waals surface area contributed by atoms with Gasteiger partial charge >= 0.3 is 0 Å². The number of nitrogens with one attached hydrogen (secondary N) is 1. The van der Waals surface area contributed by atoms with Crippen molar-refractivity contribution in [2.24, 2.45) is 0 Å². The molecule has 2 rings (SSSR count). The fraction of sp³-hybridized carbons (Fsp3) is 0.278. The lowest BCUT2D eigenvalue weighted by atomic mass is 10.0. The first-order valence-corrected chi connectivity index (χ1v) is 7.30. The second-order valence-corrected chi connectivity index (χ2v) is 5.15. The van der Waals surface area contributed by atoms with Gasteiger partial charge in [0, 0.05) is 12.1 Å². The maximum atomic E-state index is 12.8. The number of halogens is 1. The molecule has 0 spiro atoms. The van der Waals surface area contributed by atoms with Crippen molar-refractivity contribution < 1.29 is 18.7 Å². The summed E-state index contributed by atoms with van der Waals surface area (Å²) >= 11 is 0. The molecule has 0 fully saturated rings. The zero-order valence-electron chi connectivity index (χ0n) is 13.5. The van der Waals surface area contributed by atoms with E-state index >= 15 is 0 Å². The van der Waals surface area contributed by atoms with Crippen LogP contribution in [-0.2, 0) is 6.42 Å². The van der Waals surface area contributed by atoms with Crippen molar-refractivity contribution in [2.45, 2.75) is 13.3 Å². The molecule has 1 N–H and O–H groups in total. The number of benzene rings is 2. The first-order chi connectivity index (χ1) is 11.0. The van der Waals surface area contributed by atoms with Gasteiger partial charge in [0.1, 0.15) is 5.82 Å². The van der Waals surface area contributed by atoms with Gasteiger partial charge in [0.25, 0.3) is 5.91 Å². The molecular weight excluding hydrogens is 297 g/mol. The van der Waals surface area contributed by atoms with E-state index in [9.17, 15) is 9.18 Å². The Kier molecular flexibility index (Phi) is 5.57. The predicted octanol–water partition coefficient (Wildman–Crippen LogP) is 3.12. The molecule has 1 amide bonds. The van der Waals surface area contributed by atoms with Crippen molar-refractivity contribution in [1.82, 2.24) is 5.32 Å². The number of rotatable bonds is 6. The molecular formula is C18H20FNO3. The van der Waals surface area contributed by atoms with E-state index in [1.807, 2.05) is 19.1 Å². The molecule has 0 aliphatic heterocycles. The minimum absolute atomic E-state index is 0.219. The molecule has 0 saturated carbocycles. The Hall–Kier alpha value is -2.56. The molecule has 23 heavy (non-hydrogen) atoms. The quantitative estimate of drug-likeness (QED) is 0.890. The van der Waals surface area contributed by atoms with Crippen molar-refractivity contribution in [3.05, 3.63) is 58.9 Å². The number of amides is 1. The summed E-state index contributed by atoms with van der Waals surface area (Å²) in [6, 6.07) is 9.30. The van der Waals surface area contributed by atoms with Crippen LogP contribution in [0.5, 0.6) is 11.5 Å². The van der Waals surface area contributed by atoms with Gasteiger partial charge in [-0.2, -0.15) is 0 Å². The third kappa shape index (κ3) is 4.22. The first-order valence-electron chi connectivity index (χ1n) is 7.30. The molecule has 0 radical (unpaired) electrons. The van der Waals surface area contributed by atoms with E-state index in [1.54, 1.807) is 14.2 Å². The Morgan fingerprint density at radius 1 is 1.09 bits per heavy atom. The van der Waals surface area contributed by atoms with Crippen LogP contribution in [0.2, 0.25) is 0 Å². The van der Waals surface area contributed by atoms with E-state index in [0.717, 1.165) is 11.1 Å². The summed E-state index contributed by atoms with van der Waals surface area (Å²) in [5, 5.41) is 2.83. The summed E-state index contributed by atoms with van der Waals surface area (Å²) in [4.78, 5) is 12.0. The second kappa shape index (κ2) is 7.63. The summed E-state index contributed by atoms with van der Waals surface area (Å²) in [5.41, 5.74) is 2.58. The third-order valence-corrected chi connectivity index (χ3v) is 3.63. The minimum Gasteiger partial charge on any atom is -0.493 e. The highest BCUT2D eigenvalue weighted by Gasteiger charge is 2.09. The Labute approximate surface area is 135 Å². The van der Waals surface area contributed by atoms with E-state index in [0.29, 0.717) is 30.0 Å². The van der Waals surface area contributed by atoms with Gasteiger partial charge in [0.2, 0.25) is 0 Å². The topological polar surface area (TPSA) is 47.6 Å². The van der Waals surface area contributed by atoms with E-state index in [-0.39, 0.29) is 11.7 Å². The van der Waals surface area contributed by atoms with Crippen LogP contribution in [0.3, 0.4) is 0 Å². The van der Waals surface area contributed by atoms with Crippen LogP contribution in [0, 0.1) is 12.7 Å². The van der Waals surface area contributed by atoms with Gasteiger partial charge in [-0.25, -0.2) is 4.39 Å². The number of hydrogen-bond acceptors (Lipinski definition) is 3. The van der Waals surface area contributed by atoms with Gasteiger partial charge in [-0.3, -0.25) is 4.79 Å². The standard InChI is InChI=1S/C18H20FNO3/c1-12-10-16(22-2)17(23-3)11-14(12)8-9-20-18(21)13-4-6-15(19)7-5-13/h4-7,10-11H,8-9H2,1-3H3,(H,20,21). The van der Waals surface area contributed by atoms with Gasteiger partial charge in [-0.1, -0.05) is 0 Å². The lowest BCUT2D eigenvalue weighted by molar-refractivity contribution is 0.0954. The normalized spacial score (nSPS) is 10.3. The van der Waals surface area contributed by atoms with Gasteiger partial charge in [-0.05, 0) is 60.9 Å². The van der Waals surface area contributed by atoms with E-state index in [4.69, 9.17) is 9.47 Å². The smallest absolute Gasteiger partial charge is 0.251 e. The van der Waals surface area contributed by atoms with Crippen LogP contribution in [0.25, 0.3) is 0 Å². The summed E-state index contributed by atoms with van der Waals surface area (Å²) in [6.45, 7) is 2.46. The summed E-state index contributed by atoms with van der Waals surface area (Å²) < 4.78 is 23.4. The van der Waals surface area contributed by atoms with Crippen LogP contribution in [0.1, 0.15) is 21.5 Å². The molecule has 0 aliphatic carbocycles. The monoisotopic (exact) mass is 317 g/mol. The molecule has 0 unspecified atom stereocenters. The molecule has 0 saturated heterocycles. The number of methoxy groups -OCH3 is 2. The lowest BCUT2D eigenvalue weighted by Crippen LogP contribution is -2.25. The number of hydrogen-bond donors (Lipinski definition) is 1. The third-order valence-electron chi connectivity index (χ3n) is 3.63. The molecule has 122 valence electrons. The van der Waals surface area contributed by atoms with Crippen LogP contribution in [-0.4, -0.2) is 26.7 Å². The Balaban J connectivity index is 1.98. The molecule has 0 heterocycles. The molecule has 0 bridgehead atoms. The summed E-state index contributed by atoms with van der Waals surface area (Å²) in [7, 11) is 3.19. The van der Waals surface area contributed by atoms with Crippen LogP contribution >= 0.6 is 0 Å². The van der Waals surface area contributed by atoms with Crippen molar-refractivity contribution >= 4 is 5.91 Å². The van der Waals surface area contributed by atoms with Gasteiger partial charge in [0.05, 0.1) is 14.2 Å². The van der Waals surface area contributed by atoms with Crippen LogP contribution in [0.15, 0.2) is 36.4 Å². The minimum atomic E-state index is -0.359. The zero-order chi connectivity index (χ0) is 16.8. The van der Waals surface area contributed by atoms with E-state index < -0.39 is 0 Å². The predicted molar refractivity (Wildman–Crippen MR) is 86.7 cm³/mol. The van der Waals surface area contributed by atoms with Crippen LogP contribution < -0.4 is 14.8 Å². The van der Waals surface area contributed by atoms with Gasteiger partial charge in [-0.15, -0.1) is 0 Å². The SMILES string of the molecule is COc1cc(C)c(CCNC(=O)c2ccc(F)cc2)cc1OC. The number of carbonyl (C=O) groups is 1. The highest BCUT2D eigenvalue weighted by Crippen LogP contribution is 2.30. The lowest BCUT2D eigenvalue weighted by Gasteiger charge is -2.13. The molecule has 2 aromatic rings. The summed E-state index contributed by atoms with van der Waals surface area (Å²) in [5.74, 6) is 0.771. The van der Waals surface area contributed by atoms with Gasteiger partial charge in [0.15, 0.2) is 11.5 Å². The Bertz CT molecular complexity index is 683. The van der Waals surface area contributed by atoms with Crippen molar-refractivity contribution in [3.8, 4) is 11.5 Å². The average molecular weight is 317 g/mol. The highest BCUT2D eigenvalue weighted by atomic mass is 19.1. The fourth-order valence-electron chi connectivity index (χ4n) is 2.31. The zero-order valence-corrected chi connectivity index (χ0v) is 13.5. The fourth-order valence-corrected chi connectivity index (χ4v) is 2.31. The van der Waals surface area contributed by atoms with Crippen molar-refractivity contribution in [1.29, 1.82) is 0 Å². The van der Waals surface area contributed by atoms with Crippen LogP contribution in [0.4, 0.5) is 4.39 Å². The number of carbonyl (C=O) groups excluding carboxylic acids is 1. The van der Waals surface area contributed by atoms with Gasteiger partial charge < -0.3 is 14.8 Å². The Morgan fingerprint density at radius 2 is 1.70 bits per heavy atom. The molecule has 0 atom stereocenters. The average Bonchev–Trinajstić information content (AvgIpc) is 2.56. The summed E-state index contributed by atoms with van der Waals surface area (Å²) in [6.07, 6.45) is 0.666. The maximum Gasteiger partial charge on any atom is 0.251 e. The molecule has 0 aliphatic rings. The van der Waals surface area contributed by atoms with Crippen molar-refractivity contribution in [3.63, 3.8) is 0 Å². The second-order valence-electron chi connectivity index (χ2n) is 5.15. The molecule has 4 nitrogen and oxygen atoms in total. The molecule has 2 aromatic carbocycles. The largest absolute Gasteiger partial charge is 0.493 e. The maximum absolute atomic E-state index is 12.8. The molecule has 0 aromatic heterocycles. The number of ether oxygens (including phenoxy) is 2. The number of aryl methyl sites for hydroxylation is 1. The van der Waals surface area contributed by atoms with Crippen molar-refractivity contribution in [2.75, 3.05) is 20.8 Å². The molecule has 5 heteroatoms. The van der Waals surface area contributed by atoms with E-state index in [2.05, 4.69) is 5.32 Å². The Morgan fingerprint density at radius 3 is 2.30 bits per heavy atom. The highest BCUT2D eigenvalue weighted by molar-refractivity contribution is 5.94. The van der Waals surface area contributed by atoms with E-state index in [1.165, 1.54) is 24.3 Å².